The van der Waals surface area contributed by atoms with Crippen LogP contribution in [-0.4, -0.2) is 65.9 Å². The smallest absolute Gasteiger partial charge is 0.266 e. The summed E-state index contributed by atoms with van der Waals surface area (Å²) in [6.45, 7) is 5.69. The van der Waals surface area contributed by atoms with Gasteiger partial charge in [0.15, 0.2) is 0 Å². The zero-order valence-electron chi connectivity index (χ0n) is 22.5. The van der Waals surface area contributed by atoms with E-state index in [0.717, 1.165) is 45.6 Å². The average molecular weight is 520 g/mol. The van der Waals surface area contributed by atoms with Gasteiger partial charge < -0.3 is 10.2 Å². The predicted octanol–water partition coefficient (Wildman–Crippen LogP) is 4.58. The molecular weight excluding hydrogens is 482 g/mol. The van der Waals surface area contributed by atoms with Crippen LogP contribution in [0.2, 0.25) is 0 Å². The zero-order chi connectivity index (χ0) is 26.9. The molecule has 2 saturated heterocycles. The molecule has 5 rings (SSSR count). The summed E-state index contributed by atoms with van der Waals surface area (Å²) in [5, 5.41) is 13.2. The van der Waals surface area contributed by atoms with Gasteiger partial charge in [0.25, 0.3) is 5.91 Å². The van der Waals surface area contributed by atoms with Crippen LogP contribution in [0.5, 0.6) is 0 Å². The number of hydrogen-bond donors (Lipinski definition) is 1. The maximum atomic E-state index is 13.2. The molecule has 3 aromatic rings. The second-order valence-electron chi connectivity index (χ2n) is 10.4. The molecule has 6 nitrogen and oxygen atoms in total. The standard InChI is InChI=1S/C33H37N5O/c34-24-30(25-35-31-16-18-36(19-17-31)26-27-10-4-1-5-11-27)33(39)38-22-20-37(21-23-38)32(28-12-6-2-7-13-28)29-14-8-3-9-15-29/h1-15,25,31-32,35H,16-23,26H2/b30-25-. The van der Waals surface area contributed by atoms with E-state index in [1.54, 1.807) is 6.20 Å². The monoisotopic (exact) mass is 519 g/mol. The lowest BCUT2D eigenvalue weighted by Crippen LogP contribution is -2.50. The molecule has 3 aromatic carbocycles. The second kappa shape index (κ2) is 13.2. The van der Waals surface area contributed by atoms with E-state index >= 15 is 0 Å². The van der Waals surface area contributed by atoms with E-state index in [-0.39, 0.29) is 23.6 Å². The van der Waals surface area contributed by atoms with E-state index in [9.17, 15) is 10.1 Å². The van der Waals surface area contributed by atoms with E-state index < -0.39 is 0 Å². The van der Waals surface area contributed by atoms with Crippen molar-refractivity contribution in [2.75, 3.05) is 39.3 Å². The maximum Gasteiger partial charge on any atom is 0.266 e. The van der Waals surface area contributed by atoms with Crippen molar-refractivity contribution < 1.29 is 4.79 Å². The molecule has 0 bridgehead atoms. The first kappa shape index (κ1) is 26.7. The highest BCUT2D eigenvalue weighted by molar-refractivity contribution is 5.97. The Kier molecular flexibility index (Phi) is 9.05. The number of hydrogen-bond acceptors (Lipinski definition) is 5. The Balaban J connectivity index is 1.14. The first-order valence-electron chi connectivity index (χ1n) is 14.0. The van der Waals surface area contributed by atoms with Crippen molar-refractivity contribution in [1.29, 1.82) is 5.26 Å². The third kappa shape index (κ3) is 6.94. The van der Waals surface area contributed by atoms with E-state index in [2.05, 4.69) is 94.0 Å². The van der Waals surface area contributed by atoms with Gasteiger partial charge in [-0.1, -0.05) is 91.0 Å². The molecule has 2 heterocycles. The quantitative estimate of drug-likeness (QED) is 0.349. The first-order valence-corrected chi connectivity index (χ1v) is 14.0. The molecule has 200 valence electrons. The van der Waals surface area contributed by atoms with Crippen LogP contribution in [0.1, 0.15) is 35.6 Å². The number of piperazine rings is 1. The van der Waals surface area contributed by atoms with Crippen molar-refractivity contribution in [3.8, 4) is 6.07 Å². The van der Waals surface area contributed by atoms with Crippen molar-refractivity contribution in [2.45, 2.75) is 31.5 Å². The third-order valence-corrected chi connectivity index (χ3v) is 7.85. The Morgan fingerprint density at radius 1 is 0.821 bits per heavy atom. The molecule has 1 N–H and O–H groups in total. The molecule has 2 aliphatic heterocycles. The molecule has 1 amide bonds. The summed E-state index contributed by atoms with van der Waals surface area (Å²) in [4.78, 5) is 20.0. The van der Waals surface area contributed by atoms with Crippen LogP contribution in [0.25, 0.3) is 0 Å². The second-order valence-corrected chi connectivity index (χ2v) is 10.4. The summed E-state index contributed by atoms with van der Waals surface area (Å²) in [5.74, 6) is -0.179. The lowest BCUT2D eigenvalue weighted by atomic mass is 9.96. The molecule has 0 atom stereocenters. The number of rotatable bonds is 8. The number of benzene rings is 3. The number of nitrogens with one attached hydrogen (secondary N) is 1. The van der Waals surface area contributed by atoms with Gasteiger partial charge in [0.1, 0.15) is 11.6 Å². The highest BCUT2D eigenvalue weighted by Crippen LogP contribution is 2.29. The number of nitrogens with zero attached hydrogens (tertiary/aromatic N) is 4. The molecule has 0 unspecified atom stereocenters. The SMILES string of the molecule is N#C/C(=C/NC1CCN(Cc2ccccc2)CC1)C(=O)N1CCN(C(c2ccccc2)c2ccccc2)CC1. The fourth-order valence-corrected chi connectivity index (χ4v) is 5.68. The van der Waals surface area contributed by atoms with Crippen molar-refractivity contribution in [3.63, 3.8) is 0 Å². The van der Waals surface area contributed by atoms with Crippen molar-refractivity contribution in [1.82, 2.24) is 20.0 Å². The van der Waals surface area contributed by atoms with Crippen LogP contribution < -0.4 is 5.32 Å². The fraction of sp³-hybridized carbons (Fsp3) is 0.333. The number of likely N-dealkylation sites (tertiary alicyclic amines) is 1. The van der Waals surface area contributed by atoms with E-state index in [0.29, 0.717) is 13.1 Å². The van der Waals surface area contributed by atoms with Gasteiger partial charge in [-0.25, -0.2) is 0 Å². The predicted molar refractivity (Wildman–Crippen MR) is 154 cm³/mol. The zero-order valence-corrected chi connectivity index (χ0v) is 22.5. The van der Waals surface area contributed by atoms with Crippen LogP contribution in [0.15, 0.2) is 103 Å². The minimum atomic E-state index is -0.179. The lowest BCUT2D eigenvalue weighted by Gasteiger charge is -2.39. The number of amides is 1. The van der Waals surface area contributed by atoms with E-state index in [1.807, 2.05) is 23.1 Å². The van der Waals surface area contributed by atoms with Crippen LogP contribution in [-0.2, 0) is 11.3 Å². The minimum Gasteiger partial charge on any atom is -0.387 e. The van der Waals surface area contributed by atoms with Crippen molar-refractivity contribution in [3.05, 3.63) is 119 Å². The van der Waals surface area contributed by atoms with Gasteiger partial charge in [-0.2, -0.15) is 5.26 Å². The average Bonchev–Trinajstić information content (AvgIpc) is 3.00. The molecule has 2 aliphatic rings. The summed E-state index contributed by atoms with van der Waals surface area (Å²) >= 11 is 0. The molecular formula is C33H37N5O. The Hall–Kier alpha value is -3.92. The lowest BCUT2D eigenvalue weighted by molar-refractivity contribution is -0.128. The van der Waals surface area contributed by atoms with Gasteiger partial charge in [-0.05, 0) is 29.5 Å². The van der Waals surface area contributed by atoms with Gasteiger partial charge in [0.05, 0.1) is 6.04 Å². The Bertz CT molecular complexity index is 1220. The van der Waals surface area contributed by atoms with Gasteiger partial charge in [-0.15, -0.1) is 0 Å². The fourth-order valence-electron chi connectivity index (χ4n) is 5.68. The molecule has 2 fully saturated rings. The highest BCUT2D eigenvalue weighted by atomic mass is 16.2. The Morgan fingerprint density at radius 2 is 1.36 bits per heavy atom. The molecule has 39 heavy (non-hydrogen) atoms. The highest BCUT2D eigenvalue weighted by Gasteiger charge is 2.29. The van der Waals surface area contributed by atoms with Crippen LogP contribution in [0.3, 0.4) is 0 Å². The largest absolute Gasteiger partial charge is 0.387 e. The Morgan fingerprint density at radius 3 is 1.90 bits per heavy atom. The topological polar surface area (TPSA) is 62.6 Å². The summed E-state index contributed by atoms with van der Waals surface area (Å²) in [7, 11) is 0. The third-order valence-electron chi connectivity index (χ3n) is 7.85. The van der Waals surface area contributed by atoms with Crippen LogP contribution >= 0.6 is 0 Å². The number of piperidine rings is 1. The number of nitriles is 1. The molecule has 0 aromatic heterocycles. The summed E-state index contributed by atoms with van der Waals surface area (Å²) in [6.07, 6.45) is 3.65. The summed E-state index contributed by atoms with van der Waals surface area (Å²) in [5.41, 5.74) is 4.03. The molecule has 0 radical (unpaired) electrons. The number of carbonyl (C=O) groups excluding carboxylic acids is 1. The van der Waals surface area contributed by atoms with Gasteiger partial charge in [0, 0.05) is 58.1 Å². The molecule has 6 heteroatoms. The van der Waals surface area contributed by atoms with Crippen LogP contribution in [0, 0.1) is 11.3 Å². The Labute approximate surface area is 232 Å². The first-order chi connectivity index (χ1) is 19.2. The molecule has 0 spiro atoms. The summed E-state index contributed by atoms with van der Waals surface area (Å²) in [6, 6.07) is 34.2. The van der Waals surface area contributed by atoms with Crippen molar-refractivity contribution >= 4 is 5.91 Å². The van der Waals surface area contributed by atoms with E-state index in [1.165, 1.54) is 16.7 Å². The van der Waals surface area contributed by atoms with Crippen LogP contribution in [0.4, 0.5) is 0 Å². The van der Waals surface area contributed by atoms with Gasteiger partial charge in [0.2, 0.25) is 0 Å². The van der Waals surface area contributed by atoms with E-state index in [4.69, 9.17) is 0 Å². The summed E-state index contributed by atoms with van der Waals surface area (Å²) < 4.78 is 0. The molecule has 0 aliphatic carbocycles. The van der Waals surface area contributed by atoms with Gasteiger partial charge in [-0.3, -0.25) is 14.6 Å². The van der Waals surface area contributed by atoms with Crippen molar-refractivity contribution in [2.24, 2.45) is 0 Å². The number of carbonyl (C=O) groups is 1. The van der Waals surface area contributed by atoms with Gasteiger partial charge >= 0.3 is 0 Å². The maximum absolute atomic E-state index is 13.2. The molecule has 0 saturated carbocycles. The normalized spacial score (nSPS) is 17.6. The minimum absolute atomic E-state index is 0.144.